The van der Waals surface area contributed by atoms with Gasteiger partial charge in [-0.25, -0.2) is 17.8 Å². The summed E-state index contributed by atoms with van der Waals surface area (Å²) in [5.41, 5.74) is -1.91. The van der Waals surface area contributed by atoms with Crippen LogP contribution in [0.5, 0.6) is 0 Å². The normalized spacial score (nSPS) is 12.6. The Bertz CT molecular complexity index is 1570. The zero-order valence-electron chi connectivity index (χ0n) is 20.2. The zero-order chi connectivity index (χ0) is 27.2. The highest BCUT2D eigenvalue weighted by atomic mass is 32.2. The summed E-state index contributed by atoms with van der Waals surface area (Å²) in [5, 5.41) is 10.5. The van der Waals surface area contributed by atoms with Crippen LogP contribution in [0.1, 0.15) is 32.0 Å². The number of rotatable bonds is 6. The quantitative estimate of drug-likeness (QED) is 0.292. The van der Waals surface area contributed by atoms with E-state index in [4.69, 9.17) is 0 Å². The molecule has 0 atom stereocenters. The minimum Gasteiger partial charge on any atom is -0.384 e. The largest absolute Gasteiger partial charge is 0.417 e. The van der Waals surface area contributed by atoms with E-state index in [0.29, 0.717) is 11.1 Å². The molecule has 0 fully saturated rings. The Kier molecular flexibility index (Phi) is 6.76. The number of aromatic nitrogens is 2. The van der Waals surface area contributed by atoms with Crippen LogP contribution >= 0.6 is 0 Å². The topological polar surface area (TPSA) is 72.2 Å². The first-order valence-corrected chi connectivity index (χ1v) is 13.0. The Balaban J connectivity index is 1.88. The standard InChI is InChI=1S/C27H24F4N2O3S/c1-4-37(35,36)19-9-7-8-17(14-19)18-12-13-23(22(28)15-18)33-16-24(26(2,3)34)32-25(33)20-10-5-6-11-21(20)27(29,30)31/h5-16,34H,4H2,1-3H3. The van der Waals surface area contributed by atoms with Gasteiger partial charge in [0.15, 0.2) is 9.84 Å². The number of benzene rings is 3. The van der Waals surface area contributed by atoms with E-state index < -0.39 is 33.0 Å². The molecule has 0 aliphatic heterocycles. The average molecular weight is 533 g/mol. The third-order valence-electron chi connectivity index (χ3n) is 5.92. The molecule has 5 nitrogen and oxygen atoms in total. The number of alkyl halides is 3. The molecule has 3 aromatic carbocycles. The summed E-state index contributed by atoms with van der Waals surface area (Å²) in [6, 6.07) is 15.0. The predicted octanol–water partition coefficient (Wildman–Crippen LogP) is 6.39. The van der Waals surface area contributed by atoms with Gasteiger partial charge in [0.1, 0.15) is 17.2 Å². The van der Waals surface area contributed by atoms with Gasteiger partial charge in [-0.15, -0.1) is 0 Å². The summed E-state index contributed by atoms with van der Waals surface area (Å²) in [5.74, 6) is -1.05. The molecule has 0 bridgehead atoms. The molecule has 1 N–H and O–H groups in total. The molecule has 0 aliphatic rings. The zero-order valence-corrected chi connectivity index (χ0v) is 21.0. The van der Waals surface area contributed by atoms with Crippen molar-refractivity contribution >= 4 is 9.84 Å². The molecule has 37 heavy (non-hydrogen) atoms. The second-order valence-corrected chi connectivity index (χ2v) is 11.3. The lowest BCUT2D eigenvalue weighted by atomic mass is 10.0. The second-order valence-electron chi connectivity index (χ2n) is 9.02. The van der Waals surface area contributed by atoms with Gasteiger partial charge in [-0.3, -0.25) is 4.57 Å². The summed E-state index contributed by atoms with van der Waals surface area (Å²) in [7, 11) is -3.48. The van der Waals surface area contributed by atoms with E-state index in [1.807, 2.05) is 0 Å². The second kappa shape index (κ2) is 9.42. The molecule has 0 unspecified atom stereocenters. The Morgan fingerprint density at radius 2 is 1.62 bits per heavy atom. The third kappa shape index (κ3) is 5.30. The molecular weight excluding hydrogens is 508 g/mol. The molecule has 0 saturated carbocycles. The van der Waals surface area contributed by atoms with E-state index in [1.54, 1.807) is 18.2 Å². The maximum Gasteiger partial charge on any atom is 0.417 e. The van der Waals surface area contributed by atoms with Crippen molar-refractivity contribution < 1.29 is 31.1 Å². The van der Waals surface area contributed by atoms with E-state index in [2.05, 4.69) is 4.98 Å². The molecule has 1 heterocycles. The Labute approximate surface area is 212 Å². The van der Waals surface area contributed by atoms with Crippen LogP contribution in [0.25, 0.3) is 28.2 Å². The Morgan fingerprint density at radius 3 is 2.24 bits per heavy atom. The van der Waals surface area contributed by atoms with E-state index >= 15 is 4.39 Å². The fraction of sp³-hybridized carbons (Fsp3) is 0.222. The van der Waals surface area contributed by atoms with Gasteiger partial charge >= 0.3 is 6.18 Å². The number of hydrogen-bond donors (Lipinski definition) is 1. The van der Waals surface area contributed by atoms with Crippen molar-refractivity contribution in [2.75, 3.05) is 5.75 Å². The maximum atomic E-state index is 15.5. The van der Waals surface area contributed by atoms with Crippen molar-refractivity contribution in [2.45, 2.75) is 37.4 Å². The number of nitrogens with zero attached hydrogens (tertiary/aromatic N) is 2. The van der Waals surface area contributed by atoms with Crippen molar-refractivity contribution in [1.82, 2.24) is 9.55 Å². The van der Waals surface area contributed by atoms with Crippen LogP contribution in [0, 0.1) is 5.82 Å². The number of hydrogen-bond acceptors (Lipinski definition) is 4. The fourth-order valence-corrected chi connectivity index (χ4v) is 4.82. The molecule has 0 amide bonds. The van der Waals surface area contributed by atoms with Crippen molar-refractivity contribution in [3.05, 3.63) is 90.0 Å². The lowest BCUT2D eigenvalue weighted by molar-refractivity contribution is -0.137. The molecule has 4 rings (SSSR count). The van der Waals surface area contributed by atoms with Crippen LogP contribution in [0.2, 0.25) is 0 Å². The fourth-order valence-electron chi connectivity index (χ4n) is 3.89. The van der Waals surface area contributed by atoms with Crippen LogP contribution in [0.15, 0.2) is 77.8 Å². The van der Waals surface area contributed by atoms with Crippen molar-refractivity contribution in [3.8, 4) is 28.2 Å². The van der Waals surface area contributed by atoms with Gasteiger partial charge in [0.05, 0.1) is 27.6 Å². The molecule has 0 saturated heterocycles. The van der Waals surface area contributed by atoms with Crippen molar-refractivity contribution in [3.63, 3.8) is 0 Å². The average Bonchev–Trinajstić information content (AvgIpc) is 3.29. The van der Waals surface area contributed by atoms with Crippen LogP contribution in [-0.4, -0.2) is 28.8 Å². The first-order chi connectivity index (χ1) is 17.2. The van der Waals surface area contributed by atoms with Crippen LogP contribution in [-0.2, 0) is 21.6 Å². The van der Waals surface area contributed by atoms with Gasteiger partial charge in [0, 0.05) is 11.8 Å². The van der Waals surface area contributed by atoms with E-state index in [9.17, 15) is 26.7 Å². The molecular formula is C27H24F4N2O3S. The Morgan fingerprint density at radius 1 is 0.946 bits per heavy atom. The Hall–Kier alpha value is -3.50. The highest BCUT2D eigenvalue weighted by molar-refractivity contribution is 7.91. The maximum absolute atomic E-state index is 15.5. The van der Waals surface area contributed by atoms with Crippen molar-refractivity contribution in [1.29, 1.82) is 0 Å². The van der Waals surface area contributed by atoms with E-state index in [1.165, 1.54) is 74.0 Å². The highest BCUT2D eigenvalue weighted by Crippen LogP contribution is 2.38. The molecule has 10 heteroatoms. The first kappa shape index (κ1) is 26.6. The number of imidazole rings is 1. The monoisotopic (exact) mass is 532 g/mol. The van der Waals surface area contributed by atoms with E-state index in [-0.39, 0.29) is 33.4 Å². The smallest absolute Gasteiger partial charge is 0.384 e. The summed E-state index contributed by atoms with van der Waals surface area (Å²) in [6.45, 7) is 4.38. The van der Waals surface area contributed by atoms with Gasteiger partial charge in [-0.05, 0) is 55.3 Å². The molecule has 0 radical (unpaired) electrons. The SMILES string of the molecule is CCS(=O)(=O)c1cccc(-c2ccc(-n3cc(C(C)(C)O)nc3-c3ccccc3C(F)(F)F)c(F)c2)c1. The number of sulfone groups is 1. The van der Waals surface area contributed by atoms with Crippen LogP contribution < -0.4 is 0 Å². The lowest BCUT2D eigenvalue weighted by Crippen LogP contribution is -2.15. The summed E-state index contributed by atoms with van der Waals surface area (Å²) in [4.78, 5) is 4.36. The molecule has 1 aromatic heterocycles. The molecule has 4 aromatic rings. The molecule has 0 aliphatic carbocycles. The summed E-state index contributed by atoms with van der Waals surface area (Å²) >= 11 is 0. The minimum atomic E-state index is -4.69. The first-order valence-electron chi connectivity index (χ1n) is 11.3. The van der Waals surface area contributed by atoms with Gasteiger partial charge in [0.2, 0.25) is 0 Å². The molecule has 0 spiro atoms. The molecule has 194 valence electrons. The van der Waals surface area contributed by atoms with Crippen LogP contribution in [0.3, 0.4) is 0 Å². The van der Waals surface area contributed by atoms with Gasteiger partial charge in [0.25, 0.3) is 0 Å². The summed E-state index contributed by atoms with van der Waals surface area (Å²) in [6.07, 6.45) is -3.39. The van der Waals surface area contributed by atoms with E-state index in [0.717, 1.165) is 6.07 Å². The van der Waals surface area contributed by atoms with Gasteiger partial charge < -0.3 is 5.11 Å². The highest BCUT2D eigenvalue weighted by Gasteiger charge is 2.35. The van der Waals surface area contributed by atoms with Crippen LogP contribution in [0.4, 0.5) is 17.6 Å². The number of aliphatic hydroxyl groups is 1. The van der Waals surface area contributed by atoms with Gasteiger partial charge in [-0.2, -0.15) is 13.2 Å². The predicted molar refractivity (Wildman–Crippen MR) is 132 cm³/mol. The third-order valence-corrected chi connectivity index (χ3v) is 7.65. The number of halogens is 4. The minimum absolute atomic E-state index is 0.0560. The van der Waals surface area contributed by atoms with Gasteiger partial charge in [-0.1, -0.05) is 43.3 Å². The summed E-state index contributed by atoms with van der Waals surface area (Å²) < 4.78 is 82.5. The van der Waals surface area contributed by atoms with Crippen molar-refractivity contribution in [2.24, 2.45) is 0 Å². The lowest BCUT2D eigenvalue weighted by Gasteiger charge is -2.15.